The Morgan fingerprint density at radius 1 is 0.833 bits per heavy atom. The number of methoxy groups -OCH3 is 1. The highest BCUT2D eigenvalue weighted by Gasteiger charge is 2.28. The number of amides is 1. The lowest BCUT2D eigenvalue weighted by Gasteiger charge is -2.26. The van der Waals surface area contributed by atoms with Crippen LogP contribution in [0.3, 0.4) is 0 Å². The number of para-hydroxylation sites is 1. The molecule has 4 aromatic rings. The fraction of sp³-hybridized carbons (Fsp3) is 0.138. The lowest BCUT2D eigenvalue weighted by atomic mass is 10.1. The summed E-state index contributed by atoms with van der Waals surface area (Å²) in [6.07, 6.45) is 0. The molecule has 4 aromatic carbocycles. The van der Waals surface area contributed by atoms with Crippen LogP contribution in [0.1, 0.15) is 27.0 Å². The molecule has 36 heavy (non-hydrogen) atoms. The van der Waals surface area contributed by atoms with Gasteiger partial charge >= 0.3 is 0 Å². The van der Waals surface area contributed by atoms with Gasteiger partial charge in [0.05, 0.1) is 29.8 Å². The number of hydrogen-bond donors (Lipinski definition) is 1. The summed E-state index contributed by atoms with van der Waals surface area (Å²) in [4.78, 5) is 13.4. The molecule has 7 heteroatoms. The van der Waals surface area contributed by atoms with E-state index in [-0.39, 0.29) is 22.9 Å². The van der Waals surface area contributed by atoms with E-state index in [1.165, 1.54) is 23.5 Å². The lowest BCUT2D eigenvalue weighted by Crippen LogP contribution is -2.33. The van der Waals surface area contributed by atoms with Gasteiger partial charge in [-0.15, -0.1) is 0 Å². The van der Waals surface area contributed by atoms with Crippen molar-refractivity contribution in [3.8, 4) is 5.75 Å². The Labute approximate surface area is 212 Å². The summed E-state index contributed by atoms with van der Waals surface area (Å²) < 4.78 is 34.2. The summed E-state index contributed by atoms with van der Waals surface area (Å²) in [6, 6.07) is 30.2. The van der Waals surface area contributed by atoms with Gasteiger partial charge in [-0.25, -0.2) is 8.42 Å². The molecule has 0 unspecified atom stereocenters. The third-order valence-corrected chi connectivity index (χ3v) is 7.54. The van der Waals surface area contributed by atoms with Crippen molar-refractivity contribution in [3.05, 3.63) is 125 Å². The number of nitrogens with zero attached hydrogens (tertiary/aromatic N) is 1. The molecule has 0 radical (unpaired) electrons. The number of aryl methyl sites for hydroxylation is 1. The van der Waals surface area contributed by atoms with Crippen molar-refractivity contribution in [3.63, 3.8) is 0 Å². The molecule has 6 nitrogen and oxygen atoms in total. The van der Waals surface area contributed by atoms with E-state index in [4.69, 9.17) is 4.74 Å². The summed E-state index contributed by atoms with van der Waals surface area (Å²) in [5.41, 5.74) is 3.44. The van der Waals surface area contributed by atoms with Crippen molar-refractivity contribution in [1.82, 2.24) is 5.32 Å². The lowest BCUT2D eigenvalue weighted by molar-refractivity contribution is 0.0951. The van der Waals surface area contributed by atoms with Gasteiger partial charge in [0, 0.05) is 6.54 Å². The summed E-state index contributed by atoms with van der Waals surface area (Å²) in [5, 5.41) is 2.93. The van der Waals surface area contributed by atoms with Crippen LogP contribution in [0, 0.1) is 6.92 Å². The van der Waals surface area contributed by atoms with Gasteiger partial charge in [0.2, 0.25) is 0 Å². The number of sulfonamides is 1. The Kier molecular flexibility index (Phi) is 7.71. The zero-order valence-corrected chi connectivity index (χ0v) is 21.0. The molecule has 0 saturated carbocycles. The zero-order valence-electron chi connectivity index (χ0n) is 20.2. The van der Waals surface area contributed by atoms with Crippen LogP contribution in [0.4, 0.5) is 5.69 Å². The second-order valence-corrected chi connectivity index (χ2v) is 10.2. The fourth-order valence-electron chi connectivity index (χ4n) is 3.91. The van der Waals surface area contributed by atoms with E-state index in [1.54, 1.807) is 36.4 Å². The number of benzene rings is 4. The molecule has 0 fully saturated rings. The van der Waals surface area contributed by atoms with Crippen LogP contribution in [0.2, 0.25) is 0 Å². The molecule has 0 saturated heterocycles. The molecule has 184 valence electrons. The number of carbonyl (C=O) groups is 1. The summed E-state index contributed by atoms with van der Waals surface area (Å²) >= 11 is 0. The number of hydrogen-bond acceptors (Lipinski definition) is 4. The van der Waals surface area contributed by atoms with Crippen LogP contribution in [-0.4, -0.2) is 21.4 Å². The average Bonchev–Trinajstić information content (AvgIpc) is 2.91. The summed E-state index contributed by atoms with van der Waals surface area (Å²) in [7, 11) is -2.48. The van der Waals surface area contributed by atoms with E-state index in [2.05, 4.69) is 5.32 Å². The van der Waals surface area contributed by atoms with E-state index in [0.717, 1.165) is 16.7 Å². The van der Waals surface area contributed by atoms with Gasteiger partial charge < -0.3 is 10.1 Å². The Morgan fingerprint density at radius 3 is 2.19 bits per heavy atom. The Morgan fingerprint density at radius 2 is 1.50 bits per heavy atom. The predicted molar refractivity (Wildman–Crippen MR) is 142 cm³/mol. The first-order valence-corrected chi connectivity index (χ1v) is 13.0. The van der Waals surface area contributed by atoms with Crippen LogP contribution in [0.25, 0.3) is 0 Å². The van der Waals surface area contributed by atoms with Gasteiger partial charge in [-0.2, -0.15) is 0 Å². The smallest absolute Gasteiger partial charge is 0.264 e. The number of rotatable bonds is 9. The molecule has 0 bridgehead atoms. The minimum Gasteiger partial charge on any atom is -0.497 e. The largest absolute Gasteiger partial charge is 0.497 e. The van der Waals surface area contributed by atoms with E-state index in [0.29, 0.717) is 18.0 Å². The fourth-order valence-corrected chi connectivity index (χ4v) is 5.38. The quantitative estimate of drug-likeness (QED) is 0.337. The van der Waals surface area contributed by atoms with Gasteiger partial charge in [-0.05, 0) is 54.4 Å². The standard InChI is InChI=1S/C29H28N2O4S/c1-22-9-8-12-24(19-22)20-30-29(32)27-13-6-7-14-28(27)31(21-23-10-4-3-5-11-23)36(33,34)26-17-15-25(35-2)16-18-26/h3-19H,20-21H2,1-2H3,(H,30,32). The second kappa shape index (κ2) is 11.1. The maximum Gasteiger partial charge on any atom is 0.264 e. The second-order valence-electron chi connectivity index (χ2n) is 8.36. The Bertz CT molecular complexity index is 1440. The summed E-state index contributed by atoms with van der Waals surface area (Å²) in [5.74, 6) is 0.203. The first-order valence-electron chi connectivity index (χ1n) is 11.5. The van der Waals surface area contributed by atoms with Gasteiger partial charge in [0.1, 0.15) is 5.75 Å². The van der Waals surface area contributed by atoms with Gasteiger partial charge in [0.25, 0.3) is 15.9 Å². The highest BCUT2D eigenvalue weighted by atomic mass is 32.2. The highest BCUT2D eigenvalue weighted by molar-refractivity contribution is 7.92. The average molecular weight is 501 g/mol. The van der Waals surface area contributed by atoms with Crippen LogP contribution in [-0.2, 0) is 23.1 Å². The monoisotopic (exact) mass is 500 g/mol. The van der Waals surface area contributed by atoms with Gasteiger partial charge in [-0.3, -0.25) is 9.10 Å². The normalized spacial score (nSPS) is 11.1. The van der Waals surface area contributed by atoms with Crippen molar-refractivity contribution in [2.45, 2.75) is 24.9 Å². The molecule has 0 spiro atoms. The van der Waals surface area contributed by atoms with Crippen LogP contribution in [0.5, 0.6) is 5.75 Å². The topological polar surface area (TPSA) is 75.7 Å². The minimum atomic E-state index is -4.01. The summed E-state index contributed by atoms with van der Waals surface area (Å²) in [6.45, 7) is 2.39. The molecule has 0 aliphatic carbocycles. The molecule has 1 amide bonds. The predicted octanol–water partition coefficient (Wildman–Crippen LogP) is 5.33. The van der Waals surface area contributed by atoms with Gasteiger partial charge in [-0.1, -0.05) is 72.3 Å². The number of carbonyl (C=O) groups excluding carboxylic acids is 1. The van der Waals surface area contributed by atoms with Crippen molar-refractivity contribution in [1.29, 1.82) is 0 Å². The Balaban J connectivity index is 1.72. The number of ether oxygens (including phenoxy) is 1. The molecule has 1 N–H and O–H groups in total. The zero-order chi connectivity index (χ0) is 25.5. The van der Waals surface area contributed by atoms with Crippen molar-refractivity contribution < 1.29 is 17.9 Å². The molecule has 0 aliphatic heterocycles. The van der Waals surface area contributed by atoms with E-state index < -0.39 is 10.0 Å². The van der Waals surface area contributed by atoms with E-state index >= 15 is 0 Å². The van der Waals surface area contributed by atoms with E-state index in [1.807, 2.05) is 61.5 Å². The molecule has 0 heterocycles. The Hall–Kier alpha value is -4.10. The third-order valence-electron chi connectivity index (χ3n) is 5.77. The van der Waals surface area contributed by atoms with Crippen molar-refractivity contribution in [2.75, 3.05) is 11.4 Å². The molecule has 0 aliphatic rings. The van der Waals surface area contributed by atoms with Crippen molar-refractivity contribution >= 4 is 21.6 Å². The molecular weight excluding hydrogens is 472 g/mol. The number of anilines is 1. The third kappa shape index (κ3) is 5.75. The van der Waals surface area contributed by atoms with Crippen LogP contribution < -0.4 is 14.4 Å². The molecular formula is C29H28N2O4S. The maximum absolute atomic E-state index is 13.9. The van der Waals surface area contributed by atoms with Crippen LogP contribution >= 0.6 is 0 Å². The van der Waals surface area contributed by atoms with Crippen LogP contribution in [0.15, 0.2) is 108 Å². The van der Waals surface area contributed by atoms with Crippen molar-refractivity contribution in [2.24, 2.45) is 0 Å². The highest BCUT2D eigenvalue weighted by Crippen LogP contribution is 2.30. The molecule has 4 rings (SSSR count). The molecule has 0 atom stereocenters. The van der Waals surface area contributed by atoms with E-state index in [9.17, 15) is 13.2 Å². The maximum atomic E-state index is 13.9. The van der Waals surface area contributed by atoms with Gasteiger partial charge in [0.15, 0.2) is 0 Å². The first-order chi connectivity index (χ1) is 17.4. The SMILES string of the molecule is COc1ccc(S(=O)(=O)N(Cc2ccccc2)c2ccccc2C(=O)NCc2cccc(C)c2)cc1. The first kappa shape index (κ1) is 25.0. The molecule has 0 aromatic heterocycles. The number of nitrogens with one attached hydrogen (secondary N) is 1. The minimum absolute atomic E-state index is 0.0668.